The first-order chi connectivity index (χ1) is 15.8. The topological polar surface area (TPSA) is 73.6 Å². The molecule has 2 aromatic carbocycles. The quantitative estimate of drug-likeness (QED) is 0.503. The number of nitrogens with zero attached hydrogens (tertiary/aromatic N) is 3. The molecule has 0 atom stereocenters. The highest BCUT2D eigenvalue weighted by molar-refractivity contribution is 6.30. The Bertz CT molecular complexity index is 1020. The Kier molecular flexibility index (Phi) is 9.43. The van der Waals surface area contributed by atoms with Crippen molar-refractivity contribution in [3.8, 4) is 6.07 Å². The molecule has 174 valence electrons. The summed E-state index contributed by atoms with van der Waals surface area (Å²) >= 11 is 5.98. The Balaban J connectivity index is 0.000000890. The van der Waals surface area contributed by atoms with E-state index in [4.69, 9.17) is 21.7 Å². The zero-order valence-electron chi connectivity index (χ0n) is 18.8. The molecule has 0 radical (unpaired) electrons. The molecule has 0 aliphatic heterocycles. The SMILES string of the molecule is C=CN(CC(=O)N(Cc1ccc(Cl)cc1)C1(C)CCC1)c1ccc(C#N)cc1F.COC=O. The number of ether oxygens (including phenoxy) is 1. The molecular weight excluding hydrogens is 445 g/mol. The number of nitriles is 1. The normalized spacial score (nSPS) is 13.3. The van der Waals surface area contributed by atoms with Crippen molar-refractivity contribution >= 4 is 29.7 Å². The fourth-order valence-corrected chi connectivity index (χ4v) is 3.73. The average molecular weight is 472 g/mol. The first-order valence-corrected chi connectivity index (χ1v) is 10.8. The van der Waals surface area contributed by atoms with Gasteiger partial charge in [0.15, 0.2) is 0 Å². The second kappa shape index (κ2) is 12.0. The molecule has 0 aromatic heterocycles. The molecule has 8 heteroatoms. The molecule has 0 saturated heterocycles. The van der Waals surface area contributed by atoms with Crippen LogP contribution in [0, 0.1) is 17.1 Å². The molecule has 1 aliphatic rings. The van der Waals surface area contributed by atoms with Crippen molar-refractivity contribution in [2.24, 2.45) is 0 Å². The third-order valence-electron chi connectivity index (χ3n) is 5.65. The standard InChI is InChI=1S/C23H23ClFN3O.C2H4O2/c1-3-27(21-10-7-18(14-26)13-20(21)25)16-22(29)28(23(2)11-4-12-23)15-17-5-8-19(24)9-6-17;1-4-2-3/h3,5-10,13H,1,4,11-12,15-16H2,2H3;2H,1H3. The van der Waals surface area contributed by atoms with Gasteiger partial charge in [-0.05, 0) is 68.3 Å². The van der Waals surface area contributed by atoms with E-state index in [9.17, 15) is 9.18 Å². The van der Waals surface area contributed by atoms with Crippen molar-refractivity contribution < 1.29 is 18.7 Å². The molecule has 1 fully saturated rings. The van der Waals surface area contributed by atoms with Gasteiger partial charge in [-0.3, -0.25) is 9.59 Å². The van der Waals surface area contributed by atoms with E-state index in [0.29, 0.717) is 18.0 Å². The van der Waals surface area contributed by atoms with Crippen LogP contribution in [0.4, 0.5) is 10.1 Å². The fourth-order valence-electron chi connectivity index (χ4n) is 3.60. The van der Waals surface area contributed by atoms with Crippen LogP contribution in [-0.4, -0.2) is 36.5 Å². The summed E-state index contributed by atoms with van der Waals surface area (Å²) in [6.07, 6.45) is 4.39. The Morgan fingerprint density at radius 1 is 1.30 bits per heavy atom. The number of rotatable bonds is 8. The summed E-state index contributed by atoms with van der Waals surface area (Å²) in [5, 5.41) is 9.58. The number of carbonyl (C=O) groups excluding carboxylic acids is 2. The van der Waals surface area contributed by atoms with Crippen LogP contribution in [0.3, 0.4) is 0 Å². The number of carbonyl (C=O) groups is 2. The smallest absolute Gasteiger partial charge is 0.292 e. The van der Waals surface area contributed by atoms with Gasteiger partial charge in [-0.1, -0.05) is 30.3 Å². The third kappa shape index (κ3) is 6.80. The summed E-state index contributed by atoms with van der Waals surface area (Å²) in [5.41, 5.74) is 1.23. The van der Waals surface area contributed by atoms with Crippen LogP contribution in [0.15, 0.2) is 55.2 Å². The Morgan fingerprint density at radius 2 is 1.94 bits per heavy atom. The van der Waals surface area contributed by atoms with Gasteiger partial charge in [0, 0.05) is 17.1 Å². The van der Waals surface area contributed by atoms with Crippen LogP contribution >= 0.6 is 11.6 Å². The number of halogens is 2. The third-order valence-corrected chi connectivity index (χ3v) is 5.90. The van der Waals surface area contributed by atoms with E-state index in [2.05, 4.69) is 18.2 Å². The molecule has 0 unspecified atom stereocenters. The van der Waals surface area contributed by atoms with E-state index in [1.807, 2.05) is 35.2 Å². The monoisotopic (exact) mass is 471 g/mol. The molecule has 0 heterocycles. The van der Waals surface area contributed by atoms with Crippen molar-refractivity contribution in [3.63, 3.8) is 0 Å². The predicted molar refractivity (Wildman–Crippen MR) is 126 cm³/mol. The number of hydrogen-bond donors (Lipinski definition) is 0. The van der Waals surface area contributed by atoms with Crippen molar-refractivity contribution in [2.75, 3.05) is 18.6 Å². The van der Waals surface area contributed by atoms with Gasteiger partial charge < -0.3 is 14.5 Å². The number of hydrogen-bond acceptors (Lipinski definition) is 5. The summed E-state index contributed by atoms with van der Waals surface area (Å²) in [7, 11) is 1.31. The van der Waals surface area contributed by atoms with Crippen LogP contribution in [0.5, 0.6) is 0 Å². The predicted octanol–water partition coefficient (Wildman–Crippen LogP) is 5.06. The van der Waals surface area contributed by atoms with E-state index < -0.39 is 5.82 Å². The van der Waals surface area contributed by atoms with Crippen molar-refractivity contribution in [3.05, 3.63) is 77.2 Å². The molecule has 1 aliphatic carbocycles. The maximum Gasteiger partial charge on any atom is 0.292 e. The minimum Gasteiger partial charge on any atom is -0.471 e. The molecule has 1 amide bonds. The van der Waals surface area contributed by atoms with Gasteiger partial charge in [0.25, 0.3) is 6.47 Å². The summed E-state index contributed by atoms with van der Waals surface area (Å²) in [6.45, 7) is 6.63. The van der Waals surface area contributed by atoms with Gasteiger partial charge in [-0.2, -0.15) is 5.26 Å². The highest BCUT2D eigenvalue weighted by Crippen LogP contribution is 2.38. The largest absolute Gasteiger partial charge is 0.471 e. The van der Waals surface area contributed by atoms with Gasteiger partial charge in [-0.25, -0.2) is 4.39 Å². The van der Waals surface area contributed by atoms with Crippen molar-refractivity contribution in [2.45, 2.75) is 38.3 Å². The molecule has 2 aromatic rings. The first-order valence-electron chi connectivity index (χ1n) is 10.4. The Hall–Kier alpha value is -3.37. The summed E-state index contributed by atoms with van der Waals surface area (Å²) in [4.78, 5) is 25.6. The number of anilines is 1. The maximum atomic E-state index is 14.4. The molecule has 3 rings (SSSR count). The molecule has 33 heavy (non-hydrogen) atoms. The minimum absolute atomic E-state index is 0.0322. The van der Waals surface area contributed by atoms with Crippen molar-refractivity contribution in [1.82, 2.24) is 4.90 Å². The Labute approximate surface area is 198 Å². The lowest BCUT2D eigenvalue weighted by Gasteiger charge is -2.48. The number of amides is 1. The average Bonchev–Trinajstić information content (AvgIpc) is 2.80. The van der Waals surface area contributed by atoms with Gasteiger partial charge in [0.05, 0.1) is 24.4 Å². The maximum absolute atomic E-state index is 14.4. The lowest BCUT2D eigenvalue weighted by molar-refractivity contribution is -0.140. The van der Waals surface area contributed by atoms with Gasteiger partial charge in [0.2, 0.25) is 5.91 Å². The van der Waals surface area contributed by atoms with Crippen molar-refractivity contribution in [1.29, 1.82) is 5.26 Å². The van der Waals surface area contributed by atoms with Crippen LogP contribution in [-0.2, 0) is 20.9 Å². The van der Waals surface area contributed by atoms with E-state index in [1.54, 1.807) is 0 Å². The Morgan fingerprint density at radius 3 is 2.39 bits per heavy atom. The van der Waals surface area contributed by atoms with E-state index in [-0.39, 0.29) is 29.2 Å². The zero-order chi connectivity index (χ0) is 24.4. The van der Waals surface area contributed by atoms with Crippen LogP contribution in [0.1, 0.15) is 37.3 Å². The second-order valence-corrected chi connectivity index (χ2v) is 8.31. The van der Waals surface area contributed by atoms with E-state index >= 15 is 0 Å². The highest BCUT2D eigenvalue weighted by Gasteiger charge is 2.40. The van der Waals surface area contributed by atoms with Gasteiger partial charge >= 0.3 is 0 Å². The summed E-state index contributed by atoms with van der Waals surface area (Å²) in [5.74, 6) is -0.665. The lowest BCUT2D eigenvalue weighted by Crippen LogP contribution is -2.55. The van der Waals surface area contributed by atoms with Gasteiger partial charge in [0.1, 0.15) is 12.4 Å². The number of benzene rings is 2. The molecule has 0 N–H and O–H groups in total. The fraction of sp³-hybridized carbons (Fsp3) is 0.320. The molecule has 1 saturated carbocycles. The van der Waals surface area contributed by atoms with Crippen LogP contribution in [0.25, 0.3) is 0 Å². The van der Waals surface area contributed by atoms with E-state index in [1.165, 1.54) is 30.3 Å². The number of methoxy groups -OCH3 is 1. The second-order valence-electron chi connectivity index (χ2n) is 7.88. The first kappa shape index (κ1) is 25.9. The van der Waals surface area contributed by atoms with E-state index in [0.717, 1.165) is 30.9 Å². The van der Waals surface area contributed by atoms with Crippen LogP contribution < -0.4 is 4.90 Å². The highest BCUT2D eigenvalue weighted by atomic mass is 35.5. The summed E-state index contributed by atoms with van der Waals surface area (Å²) < 4.78 is 18.3. The zero-order valence-corrected chi connectivity index (χ0v) is 19.5. The molecule has 0 bridgehead atoms. The molecule has 6 nitrogen and oxygen atoms in total. The molecular formula is C25H27ClFN3O3. The lowest BCUT2D eigenvalue weighted by atomic mass is 9.76. The molecule has 0 spiro atoms. The minimum atomic E-state index is -0.559. The van der Waals surface area contributed by atoms with Crippen LogP contribution in [0.2, 0.25) is 5.02 Å². The van der Waals surface area contributed by atoms with Gasteiger partial charge in [-0.15, -0.1) is 0 Å². The summed E-state index contributed by atoms with van der Waals surface area (Å²) in [6, 6.07) is 13.5.